The van der Waals surface area contributed by atoms with Crippen molar-refractivity contribution in [1.82, 2.24) is 20.3 Å². The van der Waals surface area contributed by atoms with Crippen molar-refractivity contribution in [2.75, 3.05) is 7.11 Å². The Morgan fingerprint density at radius 2 is 2.00 bits per heavy atom. The monoisotopic (exact) mass is 440 g/mol. The maximum absolute atomic E-state index is 13.0. The Labute approximate surface area is 172 Å². The summed E-state index contributed by atoms with van der Waals surface area (Å²) in [6.45, 7) is 1.85. The molecule has 1 fully saturated rings. The van der Waals surface area contributed by atoms with Gasteiger partial charge in [-0.2, -0.15) is 0 Å². The molecule has 0 unspecified atom stereocenters. The van der Waals surface area contributed by atoms with Gasteiger partial charge in [0.05, 0.1) is 24.0 Å². The van der Waals surface area contributed by atoms with Crippen molar-refractivity contribution in [1.29, 1.82) is 0 Å². The first-order chi connectivity index (χ1) is 13.5. The Morgan fingerprint density at radius 1 is 1.21 bits per heavy atom. The zero-order valence-corrected chi connectivity index (χ0v) is 17.4. The van der Waals surface area contributed by atoms with Gasteiger partial charge >= 0.3 is 0 Å². The van der Waals surface area contributed by atoms with E-state index in [0.717, 1.165) is 40.7 Å². The van der Waals surface area contributed by atoms with E-state index in [1.807, 2.05) is 43.3 Å². The lowest BCUT2D eigenvalue weighted by Gasteiger charge is -2.43. The Bertz CT molecular complexity index is 1030. The average Bonchev–Trinajstić information content (AvgIpc) is 3.06. The molecule has 1 N–H and O–H groups in total. The molecule has 1 aliphatic rings. The van der Waals surface area contributed by atoms with E-state index < -0.39 is 0 Å². The van der Waals surface area contributed by atoms with E-state index in [9.17, 15) is 4.79 Å². The molecule has 7 heteroatoms. The molecular formula is C21H21BrN4O2. The number of amides is 1. The van der Waals surface area contributed by atoms with Crippen LogP contribution in [-0.4, -0.2) is 28.0 Å². The highest BCUT2D eigenvalue weighted by atomic mass is 79.9. The number of nitrogens with zero attached hydrogens (tertiary/aromatic N) is 3. The molecule has 1 aliphatic carbocycles. The first-order valence-electron chi connectivity index (χ1n) is 9.18. The smallest absolute Gasteiger partial charge is 0.274 e. The van der Waals surface area contributed by atoms with E-state index in [1.54, 1.807) is 11.8 Å². The second-order valence-electron chi connectivity index (χ2n) is 7.04. The third-order valence-electron chi connectivity index (χ3n) is 5.34. The molecular weight excluding hydrogens is 420 g/mol. The number of benzene rings is 2. The summed E-state index contributed by atoms with van der Waals surface area (Å²) in [7, 11) is 1.62. The van der Waals surface area contributed by atoms with Crippen LogP contribution in [0.2, 0.25) is 0 Å². The van der Waals surface area contributed by atoms with Crippen LogP contribution in [-0.2, 0) is 5.54 Å². The lowest BCUT2D eigenvalue weighted by atomic mass is 9.71. The zero-order valence-electron chi connectivity index (χ0n) is 15.8. The molecule has 1 saturated carbocycles. The Balaban J connectivity index is 1.61. The summed E-state index contributed by atoms with van der Waals surface area (Å²) in [5.74, 6) is 0.521. The molecule has 4 rings (SSSR count). The van der Waals surface area contributed by atoms with Gasteiger partial charge in [-0.15, -0.1) is 5.10 Å². The van der Waals surface area contributed by atoms with Gasteiger partial charge in [-0.3, -0.25) is 4.79 Å². The minimum atomic E-state index is -0.340. The molecule has 0 saturated heterocycles. The second-order valence-corrected chi connectivity index (χ2v) is 7.95. The normalized spacial score (nSPS) is 15.0. The Hall–Kier alpha value is -2.67. The molecule has 0 aliphatic heterocycles. The molecule has 0 atom stereocenters. The van der Waals surface area contributed by atoms with Gasteiger partial charge in [-0.25, -0.2) is 4.68 Å². The fraction of sp³-hybridized carbons (Fsp3) is 0.286. The molecule has 1 aromatic heterocycles. The van der Waals surface area contributed by atoms with Crippen LogP contribution in [0.1, 0.15) is 41.0 Å². The summed E-state index contributed by atoms with van der Waals surface area (Å²) >= 11 is 3.52. The number of hydrogen-bond donors (Lipinski definition) is 1. The largest absolute Gasteiger partial charge is 0.497 e. The molecule has 0 radical (unpaired) electrons. The number of carbonyl (C=O) groups is 1. The third kappa shape index (κ3) is 3.30. The third-order valence-corrected chi connectivity index (χ3v) is 5.84. The minimum absolute atomic E-state index is 0.202. The fourth-order valence-electron chi connectivity index (χ4n) is 3.61. The number of ether oxygens (including phenoxy) is 1. The first kappa shape index (κ1) is 18.7. The van der Waals surface area contributed by atoms with Crippen LogP contribution in [0.3, 0.4) is 0 Å². The van der Waals surface area contributed by atoms with E-state index in [-0.39, 0.29) is 11.4 Å². The molecule has 1 heterocycles. The quantitative estimate of drug-likeness (QED) is 0.646. The van der Waals surface area contributed by atoms with Crippen LogP contribution >= 0.6 is 15.9 Å². The molecule has 2 aromatic carbocycles. The van der Waals surface area contributed by atoms with Crippen molar-refractivity contribution < 1.29 is 9.53 Å². The van der Waals surface area contributed by atoms with Crippen LogP contribution in [0.4, 0.5) is 0 Å². The summed E-state index contributed by atoms with van der Waals surface area (Å²) in [6.07, 6.45) is 2.92. The van der Waals surface area contributed by atoms with Gasteiger partial charge in [-0.1, -0.05) is 39.3 Å². The predicted octanol–water partition coefficient (Wildman–Crippen LogP) is 4.16. The van der Waals surface area contributed by atoms with Gasteiger partial charge in [0.2, 0.25) is 0 Å². The highest BCUT2D eigenvalue weighted by molar-refractivity contribution is 9.10. The van der Waals surface area contributed by atoms with Crippen molar-refractivity contribution in [2.24, 2.45) is 0 Å². The number of hydrogen-bond acceptors (Lipinski definition) is 4. The van der Waals surface area contributed by atoms with Gasteiger partial charge in [-0.05, 0) is 56.0 Å². The van der Waals surface area contributed by atoms with Crippen molar-refractivity contribution in [2.45, 2.75) is 31.7 Å². The van der Waals surface area contributed by atoms with Gasteiger partial charge < -0.3 is 10.1 Å². The standard InChI is InChI=1S/C21H21BrN4O2/c1-14-19(24-25-26(14)17-8-4-9-18(13-17)28-2)20(27)23-21(10-5-11-21)15-6-3-7-16(22)12-15/h3-4,6-9,12-13H,5,10-11H2,1-2H3,(H,23,27). The van der Waals surface area contributed by atoms with Crippen LogP contribution in [0, 0.1) is 6.92 Å². The molecule has 144 valence electrons. The topological polar surface area (TPSA) is 69.0 Å². The molecule has 1 amide bonds. The molecule has 28 heavy (non-hydrogen) atoms. The average molecular weight is 441 g/mol. The number of nitrogens with one attached hydrogen (secondary N) is 1. The van der Waals surface area contributed by atoms with Crippen molar-refractivity contribution in [3.8, 4) is 11.4 Å². The van der Waals surface area contributed by atoms with Crippen molar-refractivity contribution in [3.05, 3.63) is 70.0 Å². The number of halogens is 1. The highest BCUT2D eigenvalue weighted by Crippen LogP contribution is 2.42. The van der Waals surface area contributed by atoms with Crippen LogP contribution in [0.15, 0.2) is 53.0 Å². The van der Waals surface area contributed by atoms with Crippen LogP contribution < -0.4 is 10.1 Å². The van der Waals surface area contributed by atoms with Crippen molar-refractivity contribution in [3.63, 3.8) is 0 Å². The summed E-state index contributed by atoms with van der Waals surface area (Å²) in [5, 5.41) is 11.6. The van der Waals surface area contributed by atoms with E-state index in [0.29, 0.717) is 11.4 Å². The number of methoxy groups -OCH3 is 1. The van der Waals surface area contributed by atoms with Crippen LogP contribution in [0.25, 0.3) is 5.69 Å². The fourth-order valence-corrected chi connectivity index (χ4v) is 4.00. The molecule has 6 nitrogen and oxygen atoms in total. The SMILES string of the molecule is COc1cccc(-n2nnc(C(=O)NC3(c4cccc(Br)c4)CCC3)c2C)c1. The van der Waals surface area contributed by atoms with Gasteiger partial charge in [0.25, 0.3) is 5.91 Å². The number of carbonyl (C=O) groups excluding carboxylic acids is 1. The number of rotatable bonds is 5. The summed E-state index contributed by atoms with van der Waals surface area (Å²) in [5.41, 5.74) is 2.60. The van der Waals surface area contributed by atoms with Crippen molar-refractivity contribution >= 4 is 21.8 Å². The molecule has 0 bridgehead atoms. The zero-order chi connectivity index (χ0) is 19.7. The summed E-state index contributed by atoms with van der Waals surface area (Å²) in [6, 6.07) is 15.6. The van der Waals surface area contributed by atoms with E-state index in [2.05, 4.69) is 43.7 Å². The van der Waals surface area contributed by atoms with E-state index >= 15 is 0 Å². The molecule has 3 aromatic rings. The van der Waals surface area contributed by atoms with Gasteiger partial charge in [0, 0.05) is 10.5 Å². The van der Waals surface area contributed by atoms with Gasteiger partial charge in [0.1, 0.15) is 5.75 Å². The minimum Gasteiger partial charge on any atom is -0.497 e. The first-order valence-corrected chi connectivity index (χ1v) is 9.97. The van der Waals surface area contributed by atoms with E-state index in [1.165, 1.54) is 0 Å². The maximum atomic E-state index is 13.0. The highest BCUT2D eigenvalue weighted by Gasteiger charge is 2.41. The summed E-state index contributed by atoms with van der Waals surface area (Å²) < 4.78 is 7.93. The van der Waals surface area contributed by atoms with E-state index in [4.69, 9.17) is 4.74 Å². The lowest BCUT2D eigenvalue weighted by molar-refractivity contribution is 0.0817. The van der Waals surface area contributed by atoms with Crippen LogP contribution in [0.5, 0.6) is 5.75 Å². The molecule has 0 spiro atoms. The Kier molecular flexibility index (Phi) is 4.93. The van der Waals surface area contributed by atoms with Gasteiger partial charge in [0.15, 0.2) is 5.69 Å². The number of aromatic nitrogens is 3. The lowest BCUT2D eigenvalue weighted by Crippen LogP contribution is -2.51. The maximum Gasteiger partial charge on any atom is 0.274 e. The summed E-state index contributed by atoms with van der Waals surface area (Å²) in [4.78, 5) is 13.0. The second kappa shape index (κ2) is 7.39. The predicted molar refractivity (Wildman–Crippen MR) is 110 cm³/mol. The Morgan fingerprint density at radius 3 is 2.68 bits per heavy atom.